The molecule has 1 N–H and O–H groups in total. The topological polar surface area (TPSA) is 56.8 Å². The number of carbonyl (C=O) groups excluding carboxylic acids is 1. The van der Waals surface area contributed by atoms with E-state index in [2.05, 4.69) is 26.1 Å². The van der Waals surface area contributed by atoms with E-state index in [0.717, 1.165) is 17.0 Å². The molecule has 1 aromatic heterocycles. The number of thiophene rings is 1. The summed E-state index contributed by atoms with van der Waals surface area (Å²) in [5.74, 6) is 2.71. The van der Waals surface area contributed by atoms with Crippen LogP contribution < -0.4 is 19.5 Å². The average molecular weight is 388 g/mol. The van der Waals surface area contributed by atoms with Gasteiger partial charge in [-0.3, -0.25) is 0 Å². The van der Waals surface area contributed by atoms with Crippen LogP contribution in [0.3, 0.4) is 0 Å². The minimum absolute atomic E-state index is 0.330. The van der Waals surface area contributed by atoms with Gasteiger partial charge in [-0.2, -0.15) is 0 Å². The highest BCUT2D eigenvalue weighted by molar-refractivity contribution is 7.14. The zero-order valence-electron chi connectivity index (χ0n) is 16.3. The first-order chi connectivity index (χ1) is 12.9. The molecule has 2 aromatic rings. The maximum absolute atomic E-state index is 12.3. The van der Waals surface area contributed by atoms with Crippen LogP contribution in [0.2, 0.25) is 0 Å². The van der Waals surface area contributed by atoms with Crippen LogP contribution in [0.15, 0.2) is 18.2 Å². The Labute approximate surface area is 163 Å². The summed E-state index contributed by atoms with van der Waals surface area (Å²) in [6.45, 7) is 7.12. The molecule has 2 aliphatic carbocycles. The number of benzene rings is 1. The third-order valence-corrected chi connectivity index (χ3v) is 7.13. The molecule has 1 aromatic carbocycles. The molecule has 0 aliphatic heterocycles. The van der Waals surface area contributed by atoms with E-state index in [9.17, 15) is 4.79 Å². The third-order valence-electron chi connectivity index (χ3n) is 6.08. The van der Waals surface area contributed by atoms with Crippen molar-refractivity contribution in [1.29, 1.82) is 0 Å². The summed E-state index contributed by atoms with van der Waals surface area (Å²) in [5.41, 5.74) is 3.92. The van der Waals surface area contributed by atoms with Gasteiger partial charge in [-0.15, -0.1) is 11.3 Å². The lowest BCUT2D eigenvalue weighted by Crippen LogP contribution is -2.26. The van der Waals surface area contributed by atoms with Gasteiger partial charge in [-0.25, -0.2) is 4.79 Å². The Bertz CT molecular complexity index is 902. The zero-order chi connectivity index (χ0) is 19.3. The molecule has 2 atom stereocenters. The van der Waals surface area contributed by atoms with Gasteiger partial charge in [0.2, 0.25) is 0 Å². The number of rotatable bonds is 5. The Balaban J connectivity index is 1.42. The van der Waals surface area contributed by atoms with E-state index >= 15 is 0 Å². The number of hydrogen-bond acceptors (Lipinski definition) is 5. The van der Waals surface area contributed by atoms with Crippen LogP contribution in [0.1, 0.15) is 41.3 Å². The Morgan fingerprint density at radius 1 is 1.30 bits per heavy atom. The highest BCUT2D eigenvalue weighted by atomic mass is 32.1. The second kappa shape index (κ2) is 6.44. The van der Waals surface area contributed by atoms with E-state index in [-0.39, 0.29) is 0 Å². The monoisotopic (exact) mass is 387 g/mol. The number of nitrogens with one attached hydrogen (secondary N) is 1. The van der Waals surface area contributed by atoms with Gasteiger partial charge < -0.3 is 19.5 Å². The van der Waals surface area contributed by atoms with Crippen LogP contribution in [-0.2, 0) is 13.0 Å². The molecule has 0 radical (unpaired) electrons. The smallest absolute Gasteiger partial charge is 0.413 e. The summed E-state index contributed by atoms with van der Waals surface area (Å²) in [6, 6.07) is 5.51. The van der Waals surface area contributed by atoms with Crippen molar-refractivity contribution in [2.45, 2.75) is 39.7 Å². The molecule has 144 valence electrons. The predicted octanol–water partition coefficient (Wildman–Crippen LogP) is 4.66. The number of carbonyl (C=O) groups is 1. The average Bonchev–Trinajstić information content (AvgIpc) is 2.96. The second-order valence-electron chi connectivity index (χ2n) is 7.87. The molecule has 2 aliphatic rings. The van der Waals surface area contributed by atoms with Gasteiger partial charge >= 0.3 is 6.09 Å². The maximum atomic E-state index is 12.3. The van der Waals surface area contributed by atoms with E-state index in [1.165, 1.54) is 16.0 Å². The van der Waals surface area contributed by atoms with Crippen molar-refractivity contribution in [2.75, 3.05) is 14.2 Å². The van der Waals surface area contributed by atoms with Gasteiger partial charge in [0.05, 0.1) is 14.2 Å². The molecule has 4 rings (SSSR count). The van der Waals surface area contributed by atoms with Gasteiger partial charge in [0.25, 0.3) is 0 Å². The number of methoxy groups -OCH3 is 2. The summed E-state index contributed by atoms with van der Waals surface area (Å²) in [5, 5.41) is 3.58. The Hall–Kier alpha value is -2.21. The first-order valence-electron chi connectivity index (χ1n) is 9.15. The molecule has 1 heterocycles. The van der Waals surface area contributed by atoms with Crippen molar-refractivity contribution in [2.24, 2.45) is 11.3 Å². The number of ether oxygens (including phenoxy) is 3. The van der Waals surface area contributed by atoms with E-state index in [1.54, 1.807) is 31.6 Å². The van der Waals surface area contributed by atoms with Crippen molar-refractivity contribution >= 4 is 17.4 Å². The van der Waals surface area contributed by atoms with E-state index in [4.69, 9.17) is 14.2 Å². The van der Waals surface area contributed by atoms with Crippen LogP contribution in [0, 0.1) is 18.3 Å². The molecule has 5 nitrogen and oxygen atoms in total. The lowest BCUT2D eigenvalue weighted by atomic mass is 9.96. The molecule has 0 saturated heterocycles. The molecule has 6 heteroatoms. The maximum Gasteiger partial charge on any atom is 0.413 e. The summed E-state index contributed by atoms with van der Waals surface area (Å²) in [4.78, 5) is 13.6. The first kappa shape index (κ1) is 18.2. The van der Waals surface area contributed by atoms with Crippen LogP contribution in [0.25, 0.3) is 0 Å². The summed E-state index contributed by atoms with van der Waals surface area (Å²) in [6.07, 6.45) is 0.587. The molecule has 0 bridgehead atoms. The predicted molar refractivity (Wildman–Crippen MR) is 105 cm³/mol. The lowest BCUT2D eigenvalue weighted by Gasteiger charge is -2.12. The molecule has 1 fully saturated rings. The highest BCUT2D eigenvalue weighted by Crippen LogP contribution is 2.72. The molecule has 27 heavy (non-hydrogen) atoms. The number of aryl methyl sites for hydroxylation is 1. The standard InChI is InChI=1S/C21H25NO4S/c1-11-17-14(9-15-18(17)21(15,2)3)19(27-11)26-20(23)22-10-12-6-7-13(24-4)8-16(12)25-5/h6-8,15,18H,9-10H2,1-5H3,(H,22,23)/t15-,18-/m1/s1. The van der Waals surface area contributed by atoms with Gasteiger partial charge in [0, 0.05) is 28.6 Å². The quantitative estimate of drug-likeness (QED) is 0.811. The van der Waals surface area contributed by atoms with Gasteiger partial charge in [-0.05, 0) is 48.3 Å². The van der Waals surface area contributed by atoms with Gasteiger partial charge in [0.1, 0.15) is 11.5 Å². The Morgan fingerprint density at radius 3 is 2.78 bits per heavy atom. The summed E-state index contributed by atoms with van der Waals surface area (Å²) < 4.78 is 16.2. The largest absolute Gasteiger partial charge is 0.497 e. The van der Waals surface area contributed by atoms with Crippen molar-refractivity contribution in [3.8, 4) is 16.6 Å². The molecular formula is C21H25NO4S. The first-order valence-corrected chi connectivity index (χ1v) is 9.97. The van der Waals surface area contributed by atoms with E-state index in [0.29, 0.717) is 35.3 Å². The Kier molecular flexibility index (Phi) is 4.34. The van der Waals surface area contributed by atoms with E-state index < -0.39 is 6.09 Å². The molecule has 1 amide bonds. The van der Waals surface area contributed by atoms with Crippen molar-refractivity contribution < 1.29 is 19.0 Å². The number of amides is 1. The van der Waals surface area contributed by atoms with Crippen molar-refractivity contribution in [1.82, 2.24) is 5.32 Å². The number of hydrogen-bond donors (Lipinski definition) is 1. The lowest BCUT2D eigenvalue weighted by molar-refractivity contribution is 0.201. The number of fused-ring (bicyclic) bond motifs is 3. The SMILES string of the molecule is COc1ccc(CNC(=O)Oc2sc(C)c3c2C[C@@H]2[C@H]3C2(C)C)c(OC)c1. The minimum Gasteiger partial charge on any atom is -0.497 e. The normalized spacial score (nSPS) is 21.2. The zero-order valence-corrected chi connectivity index (χ0v) is 17.2. The summed E-state index contributed by atoms with van der Waals surface area (Å²) >= 11 is 1.59. The minimum atomic E-state index is -0.434. The van der Waals surface area contributed by atoms with Crippen LogP contribution in [-0.4, -0.2) is 20.3 Å². The molecule has 0 spiro atoms. The highest BCUT2D eigenvalue weighted by Gasteiger charge is 2.63. The van der Waals surface area contributed by atoms with Crippen molar-refractivity contribution in [3.05, 3.63) is 39.8 Å². The third kappa shape index (κ3) is 2.96. The fraction of sp³-hybridized carbons (Fsp3) is 0.476. The van der Waals surface area contributed by atoms with Crippen LogP contribution in [0.4, 0.5) is 4.79 Å². The molecule has 1 saturated carbocycles. The summed E-state index contributed by atoms with van der Waals surface area (Å²) in [7, 11) is 3.21. The van der Waals surface area contributed by atoms with E-state index in [1.807, 2.05) is 12.1 Å². The molecule has 0 unspecified atom stereocenters. The van der Waals surface area contributed by atoms with Gasteiger partial charge in [-0.1, -0.05) is 13.8 Å². The van der Waals surface area contributed by atoms with Crippen LogP contribution >= 0.6 is 11.3 Å². The fourth-order valence-electron chi connectivity index (χ4n) is 4.46. The second-order valence-corrected chi connectivity index (χ2v) is 9.06. The van der Waals surface area contributed by atoms with Crippen LogP contribution in [0.5, 0.6) is 16.6 Å². The van der Waals surface area contributed by atoms with Gasteiger partial charge in [0.15, 0.2) is 5.06 Å². The van der Waals surface area contributed by atoms with Crippen molar-refractivity contribution in [3.63, 3.8) is 0 Å². The Morgan fingerprint density at radius 2 is 2.07 bits per heavy atom. The molecular weight excluding hydrogens is 362 g/mol. The fourth-order valence-corrected chi connectivity index (χ4v) is 5.54.